The second-order valence-electron chi connectivity index (χ2n) is 8.10. The maximum absolute atomic E-state index is 13.4. The van der Waals surface area contributed by atoms with E-state index in [9.17, 15) is 35.9 Å². The summed E-state index contributed by atoms with van der Waals surface area (Å²) in [5, 5.41) is 2.61. The zero-order valence-corrected chi connectivity index (χ0v) is 26.0. The molecule has 16 heteroatoms. The maximum Gasteiger partial charge on any atom is 0.416 e. The number of anilines is 1. The number of carbonyl (C=O) groups excluding carboxylic acids is 2. The van der Waals surface area contributed by atoms with Crippen molar-refractivity contribution in [3.8, 4) is 11.5 Å². The summed E-state index contributed by atoms with van der Waals surface area (Å²) in [5.41, 5.74) is -2.91. The van der Waals surface area contributed by atoms with Crippen LogP contribution in [0.4, 0.5) is 32.0 Å². The van der Waals surface area contributed by atoms with Gasteiger partial charge in [-0.25, -0.2) is 4.98 Å². The molecule has 0 unspecified atom stereocenters. The van der Waals surface area contributed by atoms with Crippen LogP contribution in [0.2, 0.25) is 0 Å². The highest BCUT2D eigenvalue weighted by Gasteiger charge is 2.37. The zero-order valence-electron chi connectivity index (χ0n) is 19.7. The Morgan fingerprint density at radius 3 is 1.78 bits per heavy atom. The molecule has 0 atom stereocenters. The normalized spacial score (nSPS) is 11.9. The van der Waals surface area contributed by atoms with Gasteiger partial charge in [-0.15, -0.1) is 0 Å². The Bertz CT molecular complexity index is 1610. The lowest BCUT2D eigenvalue weighted by atomic mass is 10.1. The number of amides is 1. The Balaban J connectivity index is 1.62. The van der Waals surface area contributed by atoms with Crippen LogP contribution in [0.15, 0.2) is 79.1 Å². The summed E-state index contributed by atoms with van der Waals surface area (Å²) in [6, 6.07) is 6.01. The van der Waals surface area contributed by atoms with Crippen LogP contribution in [0.3, 0.4) is 0 Å². The molecule has 1 aromatic heterocycles. The summed E-state index contributed by atoms with van der Waals surface area (Å²) in [7, 11) is 0. The number of hydrogen-bond donors (Lipinski definition) is 1. The van der Waals surface area contributed by atoms with E-state index >= 15 is 0 Å². The molecule has 4 aromatic rings. The fraction of sp³-hybridized carbons (Fsp3) is 0.0800. The lowest BCUT2D eigenvalue weighted by Gasteiger charge is -2.17. The highest BCUT2D eigenvalue weighted by Crippen LogP contribution is 2.43. The summed E-state index contributed by atoms with van der Waals surface area (Å²) < 4.78 is 86.7. The molecule has 0 spiro atoms. The van der Waals surface area contributed by atoms with Gasteiger partial charge in [0.25, 0.3) is 11.8 Å². The summed E-state index contributed by atoms with van der Waals surface area (Å²) in [5.74, 6) is -2.06. The Kier molecular flexibility index (Phi) is 9.07. The molecule has 0 saturated carbocycles. The van der Waals surface area contributed by atoms with Crippen molar-refractivity contribution in [2.75, 3.05) is 5.32 Å². The molecule has 0 aliphatic heterocycles. The number of aromatic nitrogens is 2. The molecule has 0 saturated heterocycles. The van der Waals surface area contributed by atoms with Crippen LogP contribution < -0.4 is 10.1 Å². The van der Waals surface area contributed by atoms with Crippen LogP contribution in [0.5, 0.6) is 11.5 Å². The quantitative estimate of drug-likeness (QED) is 0.124. The molecule has 41 heavy (non-hydrogen) atoms. The number of imidazole rings is 1. The number of rotatable bonds is 5. The van der Waals surface area contributed by atoms with Gasteiger partial charge in [-0.3, -0.25) is 14.2 Å². The lowest BCUT2D eigenvalue weighted by molar-refractivity contribution is -0.143. The Labute approximate surface area is 260 Å². The van der Waals surface area contributed by atoms with Gasteiger partial charge >= 0.3 is 12.4 Å². The van der Waals surface area contributed by atoms with Crippen molar-refractivity contribution in [2.24, 2.45) is 0 Å². The first-order chi connectivity index (χ1) is 19.1. The molecule has 0 bridgehead atoms. The molecule has 1 amide bonds. The predicted octanol–water partition coefficient (Wildman–Crippen LogP) is 9.70. The smallest absolute Gasteiger partial charge is 0.416 e. The largest absolute Gasteiger partial charge is 0.457 e. The van der Waals surface area contributed by atoms with Gasteiger partial charge in [0.2, 0.25) is 0 Å². The highest BCUT2D eigenvalue weighted by atomic mass is 79.9. The first-order valence-electron chi connectivity index (χ1n) is 10.8. The first kappa shape index (κ1) is 31.3. The van der Waals surface area contributed by atoms with E-state index in [-0.39, 0.29) is 37.6 Å². The number of carbonyl (C=O) groups is 2. The van der Waals surface area contributed by atoms with Gasteiger partial charge in [0.15, 0.2) is 0 Å². The van der Waals surface area contributed by atoms with Crippen molar-refractivity contribution in [3.05, 3.63) is 101 Å². The van der Waals surface area contributed by atoms with Crippen molar-refractivity contribution in [2.45, 2.75) is 12.4 Å². The molecule has 1 heterocycles. The van der Waals surface area contributed by atoms with Crippen molar-refractivity contribution in [1.29, 1.82) is 0 Å². The van der Waals surface area contributed by atoms with Gasteiger partial charge in [0.1, 0.15) is 17.8 Å². The third-order valence-electron chi connectivity index (χ3n) is 5.36. The molecular formula is C25H11Br4F6N3O3. The molecule has 4 rings (SSSR count). The molecule has 0 aliphatic carbocycles. The fourth-order valence-electron chi connectivity index (χ4n) is 3.48. The molecule has 0 aliphatic rings. The third-order valence-corrected chi connectivity index (χ3v) is 10.1. The average Bonchev–Trinajstić information content (AvgIpc) is 3.44. The number of nitrogens with zero attached hydrogens (tertiary/aromatic N) is 2. The van der Waals surface area contributed by atoms with Crippen LogP contribution in [-0.4, -0.2) is 21.4 Å². The molecular weight excluding hydrogens is 824 g/mol. The van der Waals surface area contributed by atoms with E-state index in [0.29, 0.717) is 21.1 Å². The van der Waals surface area contributed by atoms with Crippen molar-refractivity contribution in [3.63, 3.8) is 0 Å². The SMILES string of the molecule is O=C(Nc1ccc(Oc2cc(C(F)(F)F)cc(C(F)(F)F)c2)cc1)c1c(Br)c(Br)c(Br)c(Br)c1C(=O)n1ccnc1. The van der Waals surface area contributed by atoms with E-state index in [4.69, 9.17) is 4.74 Å². The topological polar surface area (TPSA) is 73.2 Å². The van der Waals surface area contributed by atoms with Crippen molar-refractivity contribution in [1.82, 2.24) is 9.55 Å². The molecule has 214 valence electrons. The van der Waals surface area contributed by atoms with Crippen LogP contribution >= 0.6 is 63.7 Å². The van der Waals surface area contributed by atoms with E-state index in [1.807, 2.05) is 0 Å². The number of halogens is 10. The standard InChI is InChI=1S/C25H11Br4F6N3O3/c26-18-16(17(19(27)21(29)20(18)28)23(40)38-6-5-36-10-38)22(39)37-13-1-3-14(4-2-13)41-15-8-11(24(30,31)32)7-12(9-15)25(33,34)35/h1-10H,(H,37,39). The highest BCUT2D eigenvalue weighted by molar-refractivity contribution is 9.15. The molecule has 3 aromatic carbocycles. The summed E-state index contributed by atoms with van der Waals surface area (Å²) >= 11 is 13.4. The summed E-state index contributed by atoms with van der Waals surface area (Å²) in [4.78, 5) is 30.4. The van der Waals surface area contributed by atoms with Crippen LogP contribution in [-0.2, 0) is 12.4 Å². The minimum atomic E-state index is -5.03. The molecule has 6 nitrogen and oxygen atoms in total. The number of ether oxygens (including phenoxy) is 1. The Morgan fingerprint density at radius 1 is 0.756 bits per heavy atom. The van der Waals surface area contributed by atoms with Crippen LogP contribution in [0.25, 0.3) is 0 Å². The van der Waals surface area contributed by atoms with Crippen LogP contribution in [0, 0.1) is 0 Å². The average molecular weight is 835 g/mol. The van der Waals surface area contributed by atoms with E-state index in [0.717, 1.165) is 0 Å². The monoisotopic (exact) mass is 831 g/mol. The van der Waals surface area contributed by atoms with Gasteiger partial charge in [-0.1, -0.05) is 0 Å². The second-order valence-corrected chi connectivity index (χ2v) is 11.3. The van der Waals surface area contributed by atoms with E-state index in [1.165, 1.54) is 47.6 Å². The maximum atomic E-state index is 13.4. The number of alkyl halides is 6. The van der Waals surface area contributed by atoms with Gasteiger partial charge < -0.3 is 10.1 Å². The third kappa shape index (κ3) is 6.87. The van der Waals surface area contributed by atoms with Gasteiger partial charge in [-0.2, -0.15) is 26.3 Å². The Hall–Kier alpha value is -2.69. The second kappa shape index (κ2) is 11.9. The van der Waals surface area contributed by atoms with Gasteiger partial charge in [0.05, 0.1) is 22.3 Å². The summed E-state index contributed by atoms with van der Waals surface area (Å²) in [6.45, 7) is 0. The Morgan fingerprint density at radius 2 is 1.29 bits per heavy atom. The fourth-order valence-corrected chi connectivity index (χ4v) is 5.94. The number of hydrogen-bond acceptors (Lipinski definition) is 4. The predicted molar refractivity (Wildman–Crippen MR) is 150 cm³/mol. The number of benzene rings is 3. The molecule has 1 N–H and O–H groups in total. The lowest BCUT2D eigenvalue weighted by Crippen LogP contribution is -2.21. The van der Waals surface area contributed by atoms with Crippen molar-refractivity contribution >= 4 is 81.2 Å². The van der Waals surface area contributed by atoms with Gasteiger partial charge in [0, 0.05) is 36.0 Å². The molecule has 0 fully saturated rings. The van der Waals surface area contributed by atoms with Crippen molar-refractivity contribution < 1.29 is 40.7 Å². The zero-order chi connectivity index (χ0) is 30.3. The van der Waals surface area contributed by atoms with Gasteiger partial charge in [-0.05, 0) is 106 Å². The minimum absolute atomic E-state index is 0.00569. The van der Waals surface area contributed by atoms with Crippen LogP contribution in [0.1, 0.15) is 31.8 Å². The van der Waals surface area contributed by atoms with E-state index < -0.39 is 41.0 Å². The number of nitrogens with one attached hydrogen (secondary N) is 1. The minimum Gasteiger partial charge on any atom is -0.457 e. The van der Waals surface area contributed by atoms with E-state index in [1.54, 1.807) is 0 Å². The summed E-state index contributed by atoms with van der Waals surface area (Å²) in [6.07, 6.45) is -6.00. The molecule has 0 radical (unpaired) electrons. The first-order valence-corrected chi connectivity index (χ1v) is 14.0. The van der Waals surface area contributed by atoms with E-state index in [2.05, 4.69) is 74.0 Å².